The number of ketones is 1. The highest BCUT2D eigenvalue weighted by atomic mass is 79.9. The van der Waals surface area contributed by atoms with Gasteiger partial charge in [0.25, 0.3) is 0 Å². The van der Waals surface area contributed by atoms with Crippen LogP contribution >= 0.6 is 15.9 Å². The van der Waals surface area contributed by atoms with Crippen molar-refractivity contribution in [1.29, 1.82) is 0 Å². The van der Waals surface area contributed by atoms with E-state index in [4.69, 9.17) is 0 Å². The summed E-state index contributed by atoms with van der Waals surface area (Å²) in [5, 5.41) is 0. The number of rotatable bonds is 3. The van der Waals surface area contributed by atoms with Crippen LogP contribution in [-0.4, -0.2) is 10.6 Å². The van der Waals surface area contributed by atoms with Crippen LogP contribution in [-0.2, 0) is 4.79 Å². The minimum atomic E-state index is -1.50. The average molecular weight is 295 g/mol. The van der Waals surface area contributed by atoms with Gasteiger partial charge in [0.2, 0.25) is 0 Å². The van der Waals surface area contributed by atoms with E-state index in [0.29, 0.717) is 0 Å². The summed E-state index contributed by atoms with van der Waals surface area (Å²) in [6.45, 7) is 3.00. The highest BCUT2D eigenvalue weighted by Gasteiger charge is 2.22. The molecule has 16 heavy (non-hydrogen) atoms. The van der Waals surface area contributed by atoms with E-state index in [1.165, 1.54) is 6.92 Å². The Bertz CT molecular complexity index is 397. The lowest BCUT2D eigenvalue weighted by Gasteiger charge is -2.16. The molecule has 0 N–H and O–H groups in total. The monoisotopic (exact) mass is 294 g/mol. The standard InChI is InChI=1S/C11H10BrF3O/c1-5(10(12)6(2)16)7-3-8(13)11(15)9(14)4-7/h3-5,10H,1-2H3. The molecule has 0 aliphatic carbocycles. The van der Waals surface area contributed by atoms with Crippen LogP contribution in [0.5, 0.6) is 0 Å². The first-order valence-corrected chi connectivity index (χ1v) is 5.55. The van der Waals surface area contributed by atoms with Gasteiger partial charge in [-0.25, -0.2) is 13.2 Å². The molecule has 0 radical (unpaired) electrons. The van der Waals surface area contributed by atoms with Gasteiger partial charge < -0.3 is 0 Å². The van der Waals surface area contributed by atoms with E-state index in [-0.39, 0.29) is 11.3 Å². The van der Waals surface area contributed by atoms with Crippen molar-refractivity contribution in [3.63, 3.8) is 0 Å². The summed E-state index contributed by atoms with van der Waals surface area (Å²) in [5.74, 6) is -4.57. The highest BCUT2D eigenvalue weighted by Crippen LogP contribution is 2.27. The van der Waals surface area contributed by atoms with E-state index in [0.717, 1.165) is 12.1 Å². The van der Waals surface area contributed by atoms with Gasteiger partial charge in [-0.1, -0.05) is 22.9 Å². The number of alkyl halides is 1. The van der Waals surface area contributed by atoms with Crippen LogP contribution in [0.3, 0.4) is 0 Å². The van der Waals surface area contributed by atoms with Crippen molar-refractivity contribution in [3.05, 3.63) is 35.1 Å². The van der Waals surface area contributed by atoms with Crippen molar-refractivity contribution in [2.24, 2.45) is 0 Å². The van der Waals surface area contributed by atoms with Gasteiger partial charge in [0.05, 0.1) is 4.83 Å². The average Bonchev–Trinajstić information content (AvgIpc) is 2.22. The van der Waals surface area contributed by atoms with Crippen LogP contribution in [0.1, 0.15) is 25.3 Å². The lowest BCUT2D eigenvalue weighted by molar-refractivity contribution is -0.116. The van der Waals surface area contributed by atoms with Crippen molar-refractivity contribution in [3.8, 4) is 0 Å². The maximum atomic E-state index is 12.9. The van der Waals surface area contributed by atoms with Gasteiger partial charge >= 0.3 is 0 Å². The van der Waals surface area contributed by atoms with E-state index < -0.39 is 28.2 Å². The first-order valence-electron chi connectivity index (χ1n) is 4.63. The maximum Gasteiger partial charge on any atom is 0.194 e. The zero-order valence-corrected chi connectivity index (χ0v) is 10.3. The third kappa shape index (κ3) is 2.64. The lowest BCUT2D eigenvalue weighted by Crippen LogP contribution is -2.18. The van der Waals surface area contributed by atoms with Gasteiger partial charge in [-0.15, -0.1) is 0 Å². The largest absolute Gasteiger partial charge is 0.299 e. The van der Waals surface area contributed by atoms with Gasteiger partial charge in [0.1, 0.15) is 5.78 Å². The molecular formula is C11H10BrF3O. The molecule has 0 fully saturated rings. The summed E-state index contributed by atoms with van der Waals surface area (Å²) < 4.78 is 38.6. The number of Topliss-reactive ketones (excluding diaryl/α,β-unsaturated/α-hetero) is 1. The molecule has 88 valence electrons. The smallest absolute Gasteiger partial charge is 0.194 e. The fourth-order valence-electron chi connectivity index (χ4n) is 1.36. The van der Waals surface area contributed by atoms with Crippen LogP contribution < -0.4 is 0 Å². The molecule has 0 aliphatic heterocycles. The zero-order chi connectivity index (χ0) is 12.5. The molecule has 0 amide bonds. The Morgan fingerprint density at radius 2 is 1.69 bits per heavy atom. The molecule has 1 aromatic carbocycles. The van der Waals surface area contributed by atoms with Crippen molar-refractivity contribution >= 4 is 21.7 Å². The van der Waals surface area contributed by atoms with E-state index in [9.17, 15) is 18.0 Å². The molecule has 0 aliphatic rings. The second-order valence-electron chi connectivity index (χ2n) is 3.60. The van der Waals surface area contributed by atoms with Gasteiger partial charge in [-0.2, -0.15) is 0 Å². The molecule has 0 bridgehead atoms. The summed E-state index contributed by atoms with van der Waals surface area (Å²) >= 11 is 3.12. The second kappa shape index (κ2) is 4.99. The summed E-state index contributed by atoms with van der Waals surface area (Å²) in [4.78, 5) is 10.5. The number of hydrogen-bond acceptors (Lipinski definition) is 1. The van der Waals surface area contributed by atoms with E-state index in [2.05, 4.69) is 15.9 Å². The predicted molar refractivity (Wildman–Crippen MR) is 58.1 cm³/mol. The molecule has 0 spiro atoms. The van der Waals surface area contributed by atoms with Crippen LogP contribution in [0.2, 0.25) is 0 Å². The Morgan fingerprint density at radius 1 is 1.25 bits per heavy atom. The Hall–Kier alpha value is -0.840. The molecule has 1 aromatic rings. The third-order valence-corrected chi connectivity index (χ3v) is 3.80. The molecule has 0 heterocycles. The predicted octanol–water partition coefficient (Wildman–Crippen LogP) is 3.56. The number of halogens is 4. The van der Waals surface area contributed by atoms with Crippen molar-refractivity contribution in [1.82, 2.24) is 0 Å². The topological polar surface area (TPSA) is 17.1 Å². The van der Waals surface area contributed by atoms with E-state index in [1.807, 2.05) is 0 Å². The van der Waals surface area contributed by atoms with Crippen molar-refractivity contribution in [2.75, 3.05) is 0 Å². The van der Waals surface area contributed by atoms with E-state index >= 15 is 0 Å². The Kier molecular flexibility index (Phi) is 4.13. The lowest BCUT2D eigenvalue weighted by atomic mass is 9.95. The minimum absolute atomic E-state index is 0.155. The molecule has 2 atom stereocenters. The van der Waals surface area contributed by atoms with E-state index in [1.54, 1.807) is 6.92 Å². The number of hydrogen-bond donors (Lipinski definition) is 0. The van der Waals surface area contributed by atoms with Crippen LogP contribution in [0, 0.1) is 17.5 Å². The molecule has 0 saturated carbocycles. The number of benzene rings is 1. The van der Waals surface area contributed by atoms with Gasteiger partial charge in [-0.05, 0) is 24.6 Å². The third-order valence-electron chi connectivity index (χ3n) is 2.36. The van der Waals surface area contributed by atoms with Gasteiger partial charge in [0.15, 0.2) is 17.5 Å². The molecule has 1 nitrogen and oxygen atoms in total. The number of carbonyl (C=O) groups excluding carboxylic acids is 1. The molecule has 0 saturated heterocycles. The maximum absolute atomic E-state index is 12.9. The SMILES string of the molecule is CC(=O)C(Br)C(C)c1cc(F)c(F)c(F)c1. The fourth-order valence-corrected chi connectivity index (χ4v) is 1.66. The van der Waals surface area contributed by atoms with Crippen molar-refractivity contribution in [2.45, 2.75) is 24.6 Å². The zero-order valence-electron chi connectivity index (χ0n) is 8.73. The molecular weight excluding hydrogens is 285 g/mol. The highest BCUT2D eigenvalue weighted by molar-refractivity contribution is 9.10. The number of carbonyl (C=O) groups is 1. The quantitative estimate of drug-likeness (QED) is 0.615. The fraction of sp³-hybridized carbons (Fsp3) is 0.364. The van der Waals surface area contributed by atoms with Gasteiger partial charge in [-0.3, -0.25) is 4.79 Å². The molecule has 1 rings (SSSR count). The second-order valence-corrected chi connectivity index (χ2v) is 4.59. The van der Waals surface area contributed by atoms with Crippen LogP contribution in [0.25, 0.3) is 0 Å². The van der Waals surface area contributed by atoms with Crippen molar-refractivity contribution < 1.29 is 18.0 Å². The Balaban J connectivity index is 3.10. The van der Waals surface area contributed by atoms with Crippen LogP contribution in [0.15, 0.2) is 12.1 Å². The minimum Gasteiger partial charge on any atom is -0.299 e. The first-order chi connectivity index (χ1) is 7.34. The van der Waals surface area contributed by atoms with Crippen LogP contribution in [0.4, 0.5) is 13.2 Å². The summed E-state index contributed by atoms with van der Waals surface area (Å²) in [5.41, 5.74) is 0.244. The molecule has 5 heteroatoms. The normalized spacial score (nSPS) is 14.6. The molecule has 0 aromatic heterocycles. The summed E-state index contributed by atoms with van der Waals surface area (Å²) in [7, 11) is 0. The Labute approximate surface area is 99.8 Å². The Morgan fingerprint density at radius 3 is 2.06 bits per heavy atom. The summed E-state index contributed by atoms with van der Waals surface area (Å²) in [6.07, 6.45) is 0. The molecule has 2 unspecified atom stereocenters. The summed E-state index contributed by atoms with van der Waals surface area (Å²) in [6, 6.07) is 1.81. The van der Waals surface area contributed by atoms with Gasteiger partial charge in [0, 0.05) is 5.92 Å². The first kappa shape index (κ1) is 13.2.